The standard InChI is InChI=1S/C34H44F2N4O6/c1-8-29(41)37-13-15-39-27-16-22(11-12-28(27)45-34(7,31(39)43)23-17-24(35)19-25(36)18-23)30(42)40(21(2)3)26-10-9-14-38(20-26)32(44)46-33(4,5)6/h11-12,16-19,21,26H,8-10,13-15,20H2,1-7H3,(H,37,41)/t26-,34+/m1/s1. The zero-order chi connectivity index (χ0) is 34.0. The van der Waals surface area contributed by atoms with Gasteiger partial charge in [-0.25, -0.2) is 13.6 Å². The summed E-state index contributed by atoms with van der Waals surface area (Å²) < 4.78 is 40.2. The number of nitrogens with zero attached hydrogens (tertiary/aromatic N) is 3. The third-order valence-electron chi connectivity index (χ3n) is 8.09. The van der Waals surface area contributed by atoms with Crippen molar-refractivity contribution in [2.24, 2.45) is 0 Å². The summed E-state index contributed by atoms with van der Waals surface area (Å²) in [6.45, 7) is 13.3. The zero-order valence-corrected chi connectivity index (χ0v) is 27.6. The Bertz CT molecular complexity index is 1470. The van der Waals surface area contributed by atoms with E-state index in [-0.39, 0.29) is 54.7 Å². The summed E-state index contributed by atoms with van der Waals surface area (Å²) in [7, 11) is 0. The minimum Gasteiger partial charge on any atom is -0.471 e. The molecule has 2 aromatic carbocycles. The molecule has 0 saturated carbocycles. The van der Waals surface area contributed by atoms with Crippen LogP contribution in [0.25, 0.3) is 0 Å². The minimum atomic E-state index is -1.78. The molecule has 2 aliphatic heterocycles. The molecule has 46 heavy (non-hydrogen) atoms. The number of ether oxygens (including phenoxy) is 2. The molecule has 2 atom stereocenters. The Morgan fingerprint density at radius 2 is 1.80 bits per heavy atom. The largest absolute Gasteiger partial charge is 0.471 e. The Labute approximate surface area is 269 Å². The molecule has 2 heterocycles. The summed E-state index contributed by atoms with van der Waals surface area (Å²) in [5.41, 5.74) is -1.86. The predicted octanol–water partition coefficient (Wildman–Crippen LogP) is 5.38. The quantitative estimate of drug-likeness (QED) is 0.414. The number of benzene rings is 2. The molecule has 10 nitrogen and oxygen atoms in total. The van der Waals surface area contributed by atoms with E-state index in [0.717, 1.165) is 12.1 Å². The number of piperidine rings is 1. The number of nitrogens with one attached hydrogen (secondary N) is 1. The van der Waals surface area contributed by atoms with E-state index in [1.165, 1.54) is 11.8 Å². The molecule has 1 saturated heterocycles. The summed E-state index contributed by atoms with van der Waals surface area (Å²) in [6.07, 6.45) is 1.22. The van der Waals surface area contributed by atoms with E-state index in [2.05, 4.69) is 5.32 Å². The second-order valence-electron chi connectivity index (χ2n) is 13.2. The third-order valence-corrected chi connectivity index (χ3v) is 8.09. The highest BCUT2D eigenvalue weighted by Crippen LogP contribution is 2.43. The molecule has 0 aromatic heterocycles. The van der Waals surface area contributed by atoms with Gasteiger partial charge in [0.2, 0.25) is 11.5 Å². The highest BCUT2D eigenvalue weighted by molar-refractivity contribution is 6.05. The Balaban J connectivity index is 1.68. The summed E-state index contributed by atoms with van der Waals surface area (Å²) in [5, 5.41) is 2.75. The molecule has 0 radical (unpaired) electrons. The van der Waals surface area contributed by atoms with Gasteiger partial charge in [0.05, 0.1) is 11.7 Å². The molecule has 2 aliphatic rings. The number of anilines is 1. The van der Waals surface area contributed by atoms with E-state index >= 15 is 0 Å². The van der Waals surface area contributed by atoms with Crippen LogP contribution in [-0.2, 0) is 19.9 Å². The molecule has 250 valence electrons. The molecule has 12 heteroatoms. The smallest absolute Gasteiger partial charge is 0.410 e. The van der Waals surface area contributed by atoms with Gasteiger partial charge in [0, 0.05) is 55.8 Å². The van der Waals surface area contributed by atoms with E-state index in [4.69, 9.17) is 9.47 Å². The normalized spacial score (nSPS) is 19.8. The number of carbonyl (C=O) groups is 4. The van der Waals surface area contributed by atoms with Crippen LogP contribution >= 0.6 is 0 Å². The van der Waals surface area contributed by atoms with Crippen LogP contribution in [0.3, 0.4) is 0 Å². The van der Waals surface area contributed by atoms with E-state index in [1.807, 2.05) is 13.8 Å². The lowest BCUT2D eigenvalue weighted by Crippen LogP contribution is -2.55. The molecule has 0 bridgehead atoms. The number of fused-ring (bicyclic) bond motifs is 1. The van der Waals surface area contributed by atoms with Gasteiger partial charge in [-0.1, -0.05) is 6.92 Å². The van der Waals surface area contributed by atoms with Crippen molar-refractivity contribution in [3.05, 3.63) is 59.2 Å². The number of carbonyl (C=O) groups excluding carboxylic acids is 4. The summed E-state index contributed by atoms with van der Waals surface area (Å²) in [4.78, 5) is 57.7. The minimum absolute atomic E-state index is 0.0128. The molecule has 0 unspecified atom stereocenters. The van der Waals surface area contributed by atoms with Gasteiger partial charge >= 0.3 is 6.09 Å². The van der Waals surface area contributed by atoms with E-state index in [9.17, 15) is 28.0 Å². The molecule has 4 rings (SSSR count). The Hall–Kier alpha value is -4.22. The van der Waals surface area contributed by atoms with Gasteiger partial charge in [0.1, 0.15) is 23.0 Å². The lowest BCUT2D eigenvalue weighted by molar-refractivity contribution is -0.135. The lowest BCUT2D eigenvalue weighted by Gasteiger charge is -2.42. The van der Waals surface area contributed by atoms with Crippen molar-refractivity contribution in [2.75, 3.05) is 31.1 Å². The Kier molecular flexibility index (Phi) is 10.3. The fourth-order valence-corrected chi connectivity index (χ4v) is 5.89. The SMILES string of the molecule is CCC(=O)NCCN1C(=O)[C@](C)(c2cc(F)cc(F)c2)Oc2ccc(C(=O)N(C(C)C)[C@@H]3CCCN(C(=O)OC(C)(C)C)C3)cc21. The van der Waals surface area contributed by atoms with Crippen molar-refractivity contribution in [3.63, 3.8) is 0 Å². The third kappa shape index (κ3) is 7.59. The zero-order valence-electron chi connectivity index (χ0n) is 27.6. The first-order valence-corrected chi connectivity index (χ1v) is 15.7. The molecule has 2 aromatic rings. The first kappa shape index (κ1) is 34.6. The van der Waals surface area contributed by atoms with E-state index in [0.29, 0.717) is 43.2 Å². The maximum atomic E-state index is 14.2. The number of hydrogen-bond acceptors (Lipinski definition) is 6. The maximum Gasteiger partial charge on any atom is 0.410 e. The highest BCUT2D eigenvalue weighted by Gasteiger charge is 2.47. The number of amides is 4. The van der Waals surface area contributed by atoms with Crippen molar-refractivity contribution in [3.8, 4) is 5.75 Å². The van der Waals surface area contributed by atoms with Crippen molar-refractivity contribution < 1.29 is 37.4 Å². The number of halogens is 2. The number of hydrogen-bond donors (Lipinski definition) is 1. The lowest BCUT2D eigenvalue weighted by atomic mass is 9.91. The van der Waals surface area contributed by atoms with Crippen LogP contribution in [-0.4, -0.2) is 77.5 Å². The van der Waals surface area contributed by atoms with Gasteiger partial charge in [-0.3, -0.25) is 14.4 Å². The van der Waals surface area contributed by atoms with Crippen LogP contribution < -0.4 is 15.0 Å². The van der Waals surface area contributed by atoms with Gasteiger partial charge < -0.3 is 29.5 Å². The monoisotopic (exact) mass is 642 g/mol. The molecule has 1 fully saturated rings. The molecule has 1 N–H and O–H groups in total. The molecule has 0 spiro atoms. The fourth-order valence-electron chi connectivity index (χ4n) is 5.89. The average molecular weight is 643 g/mol. The summed E-state index contributed by atoms with van der Waals surface area (Å²) >= 11 is 0. The topological polar surface area (TPSA) is 108 Å². The highest BCUT2D eigenvalue weighted by atomic mass is 19.1. The van der Waals surface area contributed by atoms with E-state index in [1.54, 1.807) is 55.7 Å². The molecular weight excluding hydrogens is 598 g/mol. The van der Waals surface area contributed by atoms with Crippen LogP contribution in [0.4, 0.5) is 19.3 Å². The van der Waals surface area contributed by atoms with Crippen LogP contribution in [0.2, 0.25) is 0 Å². The van der Waals surface area contributed by atoms with Crippen molar-refractivity contribution in [1.29, 1.82) is 0 Å². The predicted molar refractivity (Wildman–Crippen MR) is 169 cm³/mol. The van der Waals surface area contributed by atoms with Gasteiger partial charge in [0.25, 0.3) is 11.8 Å². The van der Waals surface area contributed by atoms with Gasteiger partial charge in [-0.05, 0) is 84.7 Å². The van der Waals surface area contributed by atoms with E-state index < -0.39 is 34.8 Å². The molecular formula is C34H44F2N4O6. The van der Waals surface area contributed by atoms with Crippen molar-refractivity contribution >= 4 is 29.5 Å². The number of likely N-dealkylation sites (tertiary alicyclic amines) is 1. The Morgan fingerprint density at radius 3 is 2.41 bits per heavy atom. The van der Waals surface area contributed by atoms with Crippen molar-refractivity contribution in [1.82, 2.24) is 15.1 Å². The molecule has 4 amide bonds. The summed E-state index contributed by atoms with van der Waals surface area (Å²) in [6, 6.07) is 7.04. The number of rotatable bonds is 8. The second-order valence-corrected chi connectivity index (χ2v) is 13.2. The first-order valence-electron chi connectivity index (χ1n) is 15.7. The van der Waals surface area contributed by atoms with Crippen LogP contribution in [0.1, 0.15) is 83.7 Å². The second kappa shape index (κ2) is 13.6. The molecule has 0 aliphatic carbocycles. The van der Waals surface area contributed by atoms with Crippen LogP contribution in [0, 0.1) is 11.6 Å². The van der Waals surface area contributed by atoms with Gasteiger partial charge in [-0.15, -0.1) is 0 Å². The van der Waals surface area contributed by atoms with Gasteiger partial charge in [0.15, 0.2) is 0 Å². The maximum absolute atomic E-state index is 14.2. The average Bonchev–Trinajstić information content (AvgIpc) is 2.97. The summed E-state index contributed by atoms with van der Waals surface area (Å²) in [5.74, 6) is -2.59. The Morgan fingerprint density at radius 1 is 1.13 bits per heavy atom. The fraction of sp³-hybridized carbons (Fsp3) is 0.529. The first-order chi connectivity index (χ1) is 21.5. The van der Waals surface area contributed by atoms with Crippen molar-refractivity contribution in [2.45, 2.75) is 91.0 Å². The van der Waals surface area contributed by atoms with Crippen LogP contribution in [0.15, 0.2) is 36.4 Å². The van der Waals surface area contributed by atoms with Crippen LogP contribution in [0.5, 0.6) is 5.75 Å². The van der Waals surface area contributed by atoms with Gasteiger partial charge in [-0.2, -0.15) is 0 Å².